The van der Waals surface area contributed by atoms with Crippen LogP contribution in [0.3, 0.4) is 0 Å². The van der Waals surface area contributed by atoms with E-state index in [0.29, 0.717) is 29.7 Å². The highest BCUT2D eigenvalue weighted by Gasteiger charge is 2.15. The summed E-state index contributed by atoms with van der Waals surface area (Å²) in [6, 6.07) is 11.8. The summed E-state index contributed by atoms with van der Waals surface area (Å²) in [6.45, 7) is 4.64. The highest BCUT2D eigenvalue weighted by molar-refractivity contribution is 7.99. The normalized spacial score (nSPS) is 10.8. The molecule has 0 bridgehead atoms. The van der Waals surface area contributed by atoms with Gasteiger partial charge in [0.2, 0.25) is 5.91 Å². The first-order valence-corrected chi connectivity index (χ1v) is 11.3. The van der Waals surface area contributed by atoms with Gasteiger partial charge in [-0.15, -0.1) is 0 Å². The summed E-state index contributed by atoms with van der Waals surface area (Å²) < 4.78 is 18.1. The monoisotopic (exact) mass is 455 g/mol. The summed E-state index contributed by atoms with van der Waals surface area (Å²) in [7, 11) is 4.72. The van der Waals surface area contributed by atoms with E-state index in [4.69, 9.17) is 14.2 Å². The third kappa shape index (κ3) is 5.37. The number of nitrogens with zero attached hydrogens (tertiary/aromatic N) is 2. The number of rotatable bonds is 10. The third-order valence-corrected chi connectivity index (χ3v) is 5.99. The molecule has 0 atom stereocenters. The maximum Gasteiger partial charge on any atom is 0.230 e. The lowest BCUT2D eigenvalue weighted by atomic mass is 10.0. The van der Waals surface area contributed by atoms with Gasteiger partial charge < -0.3 is 19.5 Å². The Labute approximate surface area is 193 Å². The van der Waals surface area contributed by atoms with E-state index in [9.17, 15) is 4.79 Å². The number of imidazole rings is 1. The van der Waals surface area contributed by atoms with E-state index in [0.717, 1.165) is 16.4 Å². The summed E-state index contributed by atoms with van der Waals surface area (Å²) >= 11 is 1.40. The number of thioether (sulfide) groups is 1. The highest BCUT2D eigenvalue weighted by Crippen LogP contribution is 2.34. The van der Waals surface area contributed by atoms with E-state index in [2.05, 4.69) is 36.3 Å². The molecule has 0 aliphatic carbocycles. The molecule has 1 amide bonds. The first-order valence-electron chi connectivity index (χ1n) is 10.3. The van der Waals surface area contributed by atoms with Gasteiger partial charge >= 0.3 is 0 Å². The van der Waals surface area contributed by atoms with Gasteiger partial charge in [0, 0.05) is 30.6 Å². The Morgan fingerprint density at radius 3 is 2.44 bits per heavy atom. The van der Waals surface area contributed by atoms with Gasteiger partial charge in [-0.1, -0.05) is 43.8 Å². The fourth-order valence-electron chi connectivity index (χ4n) is 3.38. The van der Waals surface area contributed by atoms with Gasteiger partial charge in [-0.2, -0.15) is 0 Å². The molecule has 32 heavy (non-hydrogen) atoms. The topological polar surface area (TPSA) is 74.6 Å². The predicted molar refractivity (Wildman–Crippen MR) is 126 cm³/mol. The van der Waals surface area contributed by atoms with E-state index in [1.54, 1.807) is 39.7 Å². The molecular weight excluding hydrogens is 426 g/mol. The predicted octanol–water partition coefficient (Wildman–Crippen LogP) is 4.43. The summed E-state index contributed by atoms with van der Waals surface area (Å²) in [5.74, 6) is 2.30. The SMILES string of the molecule is COc1cc(OC)c(OC)cc1CNC(=O)CSc1nccn1-c1ccccc1C(C)C. The van der Waals surface area contributed by atoms with Gasteiger partial charge in [0.25, 0.3) is 0 Å². The molecule has 3 rings (SSSR count). The lowest BCUT2D eigenvalue weighted by Gasteiger charge is -2.15. The zero-order chi connectivity index (χ0) is 23.1. The van der Waals surface area contributed by atoms with E-state index in [-0.39, 0.29) is 11.7 Å². The Bertz CT molecular complexity index is 1070. The molecule has 7 nitrogen and oxygen atoms in total. The van der Waals surface area contributed by atoms with E-state index in [1.165, 1.54) is 17.3 Å². The molecular formula is C24H29N3O4S. The number of aromatic nitrogens is 2. The summed E-state index contributed by atoms with van der Waals surface area (Å²) in [5.41, 5.74) is 3.12. The number of para-hydroxylation sites is 1. The fourth-order valence-corrected chi connectivity index (χ4v) is 4.18. The van der Waals surface area contributed by atoms with Crippen LogP contribution >= 0.6 is 11.8 Å². The Morgan fingerprint density at radius 2 is 1.75 bits per heavy atom. The molecule has 170 valence electrons. The number of amides is 1. The van der Waals surface area contributed by atoms with Crippen LogP contribution in [0.5, 0.6) is 17.2 Å². The Hall–Kier alpha value is -3.13. The van der Waals surface area contributed by atoms with Crippen LogP contribution in [-0.4, -0.2) is 42.5 Å². The molecule has 0 aliphatic heterocycles. The number of hydrogen-bond donors (Lipinski definition) is 1. The number of hydrogen-bond acceptors (Lipinski definition) is 6. The maximum absolute atomic E-state index is 12.5. The number of methoxy groups -OCH3 is 3. The van der Waals surface area contributed by atoms with Crippen molar-refractivity contribution in [3.05, 3.63) is 59.9 Å². The highest BCUT2D eigenvalue weighted by atomic mass is 32.2. The molecule has 0 saturated heterocycles. The molecule has 2 aromatic carbocycles. The van der Waals surface area contributed by atoms with Crippen molar-refractivity contribution in [3.63, 3.8) is 0 Å². The Balaban J connectivity index is 1.66. The summed E-state index contributed by atoms with van der Waals surface area (Å²) in [6.07, 6.45) is 3.68. The van der Waals surface area contributed by atoms with Crippen LogP contribution in [0.15, 0.2) is 53.9 Å². The van der Waals surface area contributed by atoms with Crippen molar-refractivity contribution in [1.82, 2.24) is 14.9 Å². The third-order valence-electron chi connectivity index (χ3n) is 5.02. The van der Waals surface area contributed by atoms with Crippen molar-refractivity contribution < 1.29 is 19.0 Å². The van der Waals surface area contributed by atoms with Gasteiger partial charge in [-0.25, -0.2) is 4.98 Å². The number of carbonyl (C=O) groups excluding carboxylic acids is 1. The first kappa shape index (κ1) is 23.5. The summed E-state index contributed by atoms with van der Waals surface area (Å²) in [5, 5.41) is 3.72. The largest absolute Gasteiger partial charge is 0.496 e. The number of carbonyl (C=O) groups is 1. The molecule has 0 aliphatic rings. The second-order valence-electron chi connectivity index (χ2n) is 7.38. The minimum atomic E-state index is -0.0986. The van der Waals surface area contributed by atoms with Gasteiger partial charge in [-0.05, 0) is 23.6 Å². The van der Waals surface area contributed by atoms with E-state index in [1.807, 2.05) is 22.9 Å². The van der Waals surface area contributed by atoms with Crippen molar-refractivity contribution in [3.8, 4) is 22.9 Å². The van der Waals surface area contributed by atoms with Crippen molar-refractivity contribution in [2.24, 2.45) is 0 Å². The van der Waals surface area contributed by atoms with Crippen molar-refractivity contribution in [1.29, 1.82) is 0 Å². The minimum absolute atomic E-state index is 0.0986. The van der Waals surface area contributed by atoms with Crippen molar-refractivity contribution in [2.75, 3.05) is 27.1 Å². The second kappa shape index (κ2) is 10.9. The fraction of sp³-hybridized carbons (Fsp3) is 0.333. The molecule has 0 fully saturated rings. The number of benzene rings is 2. The molecule has 0 spiro atoms. The molecule has 8 heteroatoms. The van der Waals surface area contributed by atoms with Gasteiger partial charge in [0.15, 0.2) is 16.7 Å². The Kier molecular flexibility index (Phi) is 8.05. The summed E-state index contributed by atoms with van der Waals surface area (Å²) in [4.78, 5) is 17.0. The number of ether oxygens (including phenoxy) is 3. The number of nitrogens with one attached hydrogen (secondary N) is 1. The van der Waals surface area contributed by atoms with Crippen LogP contribution in [0.25, 0.3) is 5.69 Å². The lowest BCUT2D eigenvalue weighted by molar-refractivity contribution is -0.118. The van der Waals surface area contributed by atoms with Crippen LogP contribution in [0, 0.1) is 0 Å². The molecule has 0 saturated carbocycles. The zero-order valence-electron chi connectivity index (χ0n) is 19.0. The van der Waals surface area contributed by atoms with Gasteiger partial charge in [-0.3, -0.25) is 9.36 Å². The van der Waals surface area contributed by atoms with Crippen LogP contribution in [0.2, 0.25) is 0 Å². The second-order valence-corrected chi connectivity index (χ2v) is 8.32. The zero-order valence-corrected chi connectivity index (χ0v) is 19.9. The van der Waals surface area contributed by atoms with Gasteiger partial charge in [0.05, 0.1) is 32.8 Å². The van der Waals surface area contributed by atoms with Gasteiger partial charge in [0.1, 0.15) is 5.75 Å². The molecule has 0 radical (unpaired) electrons. The standard InChI is InChI=1S/C24H29N3O4S/c1-16(2)18-8-6-7-9-19(18)27-11-10-25-24(27)32-15-23(28)26-14-17-12-21(30-4)22(31-5)13-20(17)29-3/h6-13,16H,14-15H2,1-5H3,(H,26,28). The molecule has 1 N–H and O–H groups in total. The van der Waals surface area contributed by atoms with Crippen LogP contribution in [0.4, 0.5) is 0 Å². The van der Waals surface area contributed by atoms with Crippen LogP contribution < -0.4 is 19.5 Å². The van der Waals surface area contributed by atoms with E-state index >= 15 is 0 Å². The molecule has 1 heterocycles. The first-order chi connectivity index (χ1) is 15.5. The lowest BCUT2D eigenvalue weighted by Crippen LogP contribution is -2.25. The molecule has 1 aromatic heterocycles. The smallest absolute Gasteiger partial charge is 0.230 e. The average Bonchev–Trinajstić information content (AvgIpc) is 3.29. The van der Waals surface area contributed by atoms with Crippen LogP contribution in [-0.2, 0) is 11.3 Å². The molecule has 0 unspecified atom stereocenters. The average molecular weight is 456 g/mol. The van der Waals surface area contributed by atoms with Crippen molar-refractivity contribution >= 4 is 17.7 Å². The quantitative estimate of drug-likeness (QED) is 0.456. The van der Waals surface area contributed by atoms with Crippen molar-refractivity contribution in [2.45, 2.75) is 31.5 Å². The Morgan fingerprint density at radius 1 is 1.06 bits per heavy atom. The minimum Gasteiger partial charge on any atom is -0.496 e. The van der Waals surface area contributed by atoms with Crippen LogP contribution in [0.1, 0.15) is 30.9 Å². The molecule has 3 aromatic rings. The van der Waals surface area contributed by atoms with E-state index < -0.39 is 0 Å². The maximum atomic E-state index is 12.5.